The molecule has 1 saturated heterocycles. The summed E-state index contributed by atoms with van der Waals surface area (Å²) in [6, 6.07) is 0. The first-order valence-electron chi connectivity index (χ1n) is 3.04. The molecule has 0 spiro atoms. The van der Waals surface area contributed by atoms with Crippen molar-refractivity contribution in [3.63, 3.8) is 0 Å². The van der Waals surface area contributed by atoms with E-state index in [-0.39, 0.29) is 11.6 Å². The molecule has 1 unspecified atom stereocenters. The van der Waals surface area contributed by atoms with Gasteiger partial charge in [0.2, 0.25) is 0 Å². The van der Waals surface area contributed by atoms with Gasteiger partial charge in [0.05, 0.1) is 24.9 Å². The predicted molar refractivity (Wildman–Crippen MR) is 47.0 cm³/mol. The van der Waals surface area contributed by atoms with Gasteiger partial charge in [-0.15, -0.1) is 11.6 Å². The molecule has 1 atom stereocenters. The summed E-state index contributed by atoms with van der Waals surface area (Å²) in [5.41, 5.74) is 0. The van der Waals surface area contributed by atoms with Crippen molar-refractivity contribution in [1.82, 2.24) is 16.1 Å². The smallest absolute Gasteiger partial charge is 0.0944 e. The van der Waals surface area contributed by atoms with Crippen LogP contribution in [0.25, 0.3) is 0 Å². The normalized spacial score (nSPS) is 17.6. The Kier molecular flexibility index (Phi) is 9.84. The standard InChI is InChI=1S/C3H5ClO.C3H4N2.H3N.H2O/c4-1-3-2-5-3;1-2-5-3-4-1;;/h3H,1-2H2;1-3H,(H,4,5);1H3;1H2. The van der Waals surface area contributed by atoms with E-state index < -0.39 is 0 Å². The second-order valence-corrected chi connectivity index (χ2v) is 2.18. The van der Waals surface area contributed by atoms with Crippen LogP contribution in [0.5, 0.6) is 0 Å². The van der Waals surface area contributed by atoms with Gasteiger partial charge in [-0.25, -0.2) is 4.98 Å². The molecule has 6 heteroatoms. The van der Waals surface area contributed by atoms with E-state index in [4.69, 9.17) is 16.3 Å². The summed E-state index contributed by atoms with van der Waals surface area (Å²) in [5, 5.41) is 0. The number of quaternary nitrogens is 1. The number of H-pyrrole nitrogens is 1. The molecule has 2 rings (SSSR count). The molecule has 0 radical (unpaired) electrons. The van der Waals surface area contributed by atoms with Crippen molar-refractivity contribution < 1.29 is 10.2 Å². The molecule has 1 aromatic heterocycles. The van der Waals surface area contributed by atoms with Gasteiger partial charge >= 0.3 is 0 Å². The van der Waals surface area contributed by atoms with Crippen molar-refractivity contribution in [2.75, 3.05) is 12.5 Å². The van der Waals surface area contributed by atoms with E-state index in [0.717, 1.165) is 6.61 Å². The number of halogens is 1. The van der Waals surface area contributed by atoms with Crippen LogP contribution in [0.15, 0.2) is 18.7 Å². The van der Waals surface area contributed by atoms with Crippen molar-refractivity contribution in [2.45, 2.75) is 6.10 Å². The quantitative estimate of drug-likeness (QED) is 0.520. The topological polar surface area (TPSA) is 108 Å². The number of aromatic nitrogens is 2. The molecule has 12 heavy (non-hydrogen) atoms. The molecular formula is C6H14ClN3O2. The maximum Gasteiger partial charge on any atom is 0.0944 e. The number of nitrogens with one attached hydrogen (secondary N) is 1. The van der Waals surface area contributed by atoms with Gasteiger partial charge in [-0.1, -0.05) is 0 Å². The number of aromatic amines is 1. The van der Waals surface area contributed by atoms with Gasteiger partial charge in [-0.2, -0.15) is 0 Å². The Balaban J connectivity index is 0. The molecule has 1 aromatic rings. The molecule has 0 aromatic carbocycles. The lowest BCUT2D eigenvalue weighted by Gasteiger charge is -1.67. The first-order valence-corrected chi connectivity index (χ1v) is 3.57. The third-order valence-corrected chi connectivity index (χ3v) is 1.32. The van der Waals surface area contributed by atoms with Crippen LogP contribution in [0.1, 0.15) is 0 Å². The zero-order chi connectivity index (χ0) is 7.23. The number of hydrogen-bond donors (Lipinski definition) is 2. The fourth-order valence-corrected chi connectivity index (χ4v) is 0.550. The van der Waals surface area contributed by atoms with Gasteiger partial charge in [-0.3, -0.25) is 0 Å². The lowest BCUT2D eigenvalue weighted by Crippen LogP contribution is -1.80. The third kappa shape index (κ3) is 7.49. The van der Waals surface area contributed by atoms with E-state index in [9.17, 15) is 0 Å². The Morgan fingerprint density at radius 2 is 2.33 bits per heavy atom. The molecule has 0 saturated carbocycles. The first kappa shape index (κ1) is 13.9. The number of ether oxygens (including phenoxy) is 1. The zero-order valence-corrected chi connectivity index (χ0v) is 7.66. The van der Waals surface area contributed by atoms with Crippen molar-refractivity contribution in [3.8, 4) is 0 Å². The summed E-state index contributed by atoms with van der Waals surface area (Å²) in [6.07, 6.45) is 5.48. The number of rotatable bonds is 1. The van der Waals surface area contributed by atoms with E-state index in [1.54, 1.807) is 18.7 Å². The fraction of sp³-hybridized carbons (Fsp3) is 0.500. The Morgan fingerprint density at radius 3 is 2.42 bits per heavy atom. The summed E-state index contributed by atoms with van der Waals surface area (Å²) >= 11 is 5.27. The van der Waals surface area contributed by atoms with Crippen LogP contribution in [-0.2, 0) is 4.74 Å². The van der Waals surface area contributed by atoms with Gasteiger partial charge in [0.25, 0.3) is 0 Å². The Labute approximate surface area is 76.0 Å². The molecule has 1 fully saturated rings. The summed E-state index contributed by atoms with van der Waals surface area (Å²) in [7, 11) is 0. The third-order valence-electron chi connectivity index (χ3n) is 0.980. The highest BCUT2D eigenvalue weighted by Gasteiger charge is 2.19. The van der Waals surface area contributed by atoms with Crippen LogP contribution >= 0.6 is 11.6 Å². The van der Waals surface area contributed by atoms with Crippen LogP contribution in [0.4, 0.5) is 0 Å². The average molecular weight is 196 g/mol. The van der Waals surface area contributed by atoms with Gasteiger partial charge < -0.3 is 21.3 Å². The molecule has 0 bridgehead atoms. The molecule has 72 valence electrons. The summed E-state index contributed by atoms with van der Waals surface area (Å²) in [4.78, 5) is 6.42. The van der Waals surface area contributed by atoms with Crippen LogP contribution in [-0.4, -0.2) is 34.0 Å². The molecule has 6 N–H and O–H groups in total. The monoisotopic (exact) mass is 195 g/mol. The predicted octanol–water partition coefficient (Wildman–Crippen LogP) is 1.23. The van der Waals surface area contributed by atoms with Crippen molar-refractivity contribution in [2.24, 2.45) is 0 Å². The number of epoxide rings is 1. The second-order valence-electron chi connectivity index (χ2n) is 1.87. The van der Waals surface area contributed by atoms with E-state index in [1.165, 1.54) is 0 Å². The van der Waals surface area contributed by atoms with E-state index in [2.05, 4.69) is 9.97 Å². The lowest BCUT2D eigenvalue weighted by atomic mass is 10.6. The van der Waals surface area contributed by atoms with Crippen LogP contribution in [0.3, 0.4) is 0 Å². The Bertz CT molecular complexity index is 139. The molecular weight excluding hydrogens is 182 g/mol. The minimum atomic E-state index is 0. The van der Waals surface area contributed by atoms with Crippen LogP contribution < -0.4 is 6.15 Å². The van der Waals surface area contributed by atoms with Gasteiger partial charge in [-0.05, 0) is 0 Å². The minimum Gasteiger partial charge on any atom is -0.870 e. The number of hydrogen-bond acceptors (Lipinski definition) is 3. The maximum atomic E-state index is 5.27. The Morgan fingerprint density at radius 1 is 1.67 bits per heavy atom. The highest BCUT2D eigenvalue weighted by molar-refractivity contribution is 6.18. The summed E-state index contributed by atoms with van der Waals surface area (Å²) in [5.74, 6) is 0.667. The van der Waals surface area contributed by atoms with Crippen molar-refractivity contribution in [1.29, 1.82) is 0 Å². The highest BCUT2D eigenvalue weighted by Crippen LogP contribution is 2.08. The molecule has 0 amide bonds. The second kappa shape index (κ2) is 8.48. The van der Waals surface area contributed by atoms with Gasteiger partial charge in [0, 0.05) is 12.4 Å². The average Bonchev–Trinajstić information content (AvgIpc) is 2.63. The fourth-order valence-electron chi connectivity index (χ4n) is 0.372. The molecule has 1 aliphatic rings. The minimum absolute atomic E-state index is 0. The number of nitrogens with zero attached hydrogens (tertiary/aromatic N) is 1. The van der Waals surface area contributed by atoms with Crippen molar-refractivity contribution in [3.05, 3.63) is 18.7 Å². The SMILES string of the molecule is ClCC1CO1.[NH4+].[OH-].c1c[nH]cn1. The molecule has 0 aliphatic carbocycles. The Hall–Kier alpha value is -0.620. The molecule has 5 nitrogen and oxygen atoms in total. The summed E-state index contributed by atoms with van der Waals surface area (Å²) in [6.45, 7) is 0.878. The van der Waals surface area contributed by atoms with Crippen LogP contribution in [0.2, 0.25) is 0 Å². The maximum absolute atomic E-state index is 5.27. The highest BCUT2D eigenvalue weighted by atomic mass is 35.5. The lowest BCUT2D eigenvalue weighted by molar-refractivity contribution is 0.425. The number of alkyl halides is 1. The number of imidazole rings is 1. The van der Waals surface area contributed by atoms with Crippen LogP contribution in [0, 0.1) is 0 Å². The van der Waals surface area contributed by atoms with E-state index in [0.29, 0.717) is 12.0 Å². The molecule has 2 heterocycles. The zero-order valence-electron chi connectivity index (χ0n) is 6.90. The van der Waals surface area contributed by atoms with E-state index in [1.807, 2.05) is 0 Å². The largest absolute Gasteiger partial charge is 0.870 e. The van der Waals surface area contributed by atoms with Gasteiger partial charge in [0.15, 0.2) is 0 Å². The van der Waals surface area contributed by atoms with E-state index >= 15 is 0 Å². The summed E-state index contributed by atoms with van der Waals surface area (Å²) < 4.78 is 4.73. The first-order chi connectivity index (χ1) is 4.93. The molecule has 1 aliphatic heterocycles. The van der Waals surface area contributed by atoms with Gasteiger partial charge in [0.1, 0.15) is 0 Å². The van der Waals surface area contributed by atoms with Crippen molar-refractivity contribution >= 4 is 11.6 Å².